The third-order valence-electron chi connectivity index (χ3n) is 2.54. The molecule has 2 rings (SSSR count). The smallest absolute Gasteiger partial charge is 0.366 e. The van der Waals surface area contributed by atoms with E-state index in [1.165, 1.54) is 23.0 Å². The second kappa shape index (κ2) is 5.59. The highest BCUT2D eigenvalue weighted by atomic mass is 79.9. The van der Waals surface area contributed by atoms with Crippen LogP contribution in [0.3, 0.4) is 0 Å². The average Bonchev–Trinajstić information content (AvgIpc) is 2.73. The lowest BCUT2D eigenvalue weighted by atomic mass is 10.1. The second-order valence-electron chi connectivity index (χ2n) is 3.93. The van der Waals surface area contributed by atoms with Crippen molar-refractivity contribution in [3.8, 4) is 0 Å². The summed E-state index contributed by atoms with van der Waals surface area (Å²) in [6.07, 6.45) is 1.48. The van der Waals surface area contributed by atoms with Crippen molar-refractivity contribution in [2.45, 2.75) is 6.54 Å². The Kier molecular flexibility index (Phi) is 4.05. The van der Waals surface area contributed by atoms with Crippen molar-refractivity contribution >= 4 is 39.3 Å². The average molecular weight is 360 g/mol. The van der Waals surface area contributed by atoms with Crippen LogP contribution in [0, 0.1) is 10.1 Å². The van der Waals surface area contributed by atoms with E-state index in [1.807, 2.05) is 0 Å². The highest BCUT2D eigenvalue weighted by molar-refractivity contribution is 9.10. The van der Waals surface area contributed by atoms with Gasteiger partial charge in [0.2, 0.25) is 5.91 Å². The molecule has 0 unspecified atom stereocenters. The molecule has 104 valence electrons. The zero-order valence-electron chi connectivity index (χ0n) is 9.92. The number of nitrogens with two attached hydrogens (primary N) is 1. The molecular formula is C11H8BrClN4O3. The standard InChI is InChI=1S/C11H8BrClN4O3/c12-8-5-16(15-11(8)17(19)20)4-7-2-1-6(10(14)18)3-9(7)13/h1-3,5H,4H2,(H2,14,18). The van der Waals surface area contributed by atoms with Gasteiger partial charge in [0.15, 0.2) is 0 Å². The van der Waals surface area contributed by atoms with Gasteiger partial charge in [-0.15, -0.1) is 0 Å². The molecule has 0 radical (unpaired) electrons. The Morgan fingerprint density at radius 1 is 1.55 bits per heavy atom. The van der Waals surface area contributed by atoms with Gasteiger partial charge in [-0.2, -0.15) is 4.68 Å². The molecule has 1 aromatic heterocycles. The molecule has 20 heavy (non-hydrogen) atoms. The SMILES string of the molecule is NC(=O)c1ccc(Cn2cc(Br)c([N+](=O)[O-])n2)c(Cl)c1. The number of nitrogens with zero attached hydrogens (tertiary/aromatic N) is 3. The van der Waals surface area contributed by atoms with Crippen LogP contribution in [0.5, 0.6) is 0 Å². The maximum atomic E-state index is 11.0. The summed E-state index contributed by atoms with van der Waals surface area (Å²) >= 11 is 9.10. The summed E-state index contributed by atoms with van der Waals surface area (Å²) in [5, 5.41) is 14.9. The third-order valence-corrected chi connectivity index (χ3v) is 3.45. The zero-order chi connectivity index (χ0) is 14.9. The summed E-state index contributed by atoms with van der Waals surface area (Å²) in [5.74, 6) is -0.842. The fourth-order valence-corrected chi connectivity index (χ4v) is 2.30. The molecule has 0 spiro atoms. The number of rotatable bonds is 4. The summed E-state index contributed by atoms with van der Waals surface area (Å²) in [5.41, 5.74) is 6.11. The van der Waals surface area contributed by atoms with Crippen molar-refractivity contribution in [3.05, 3.63) is 55.1 Å². The van der Waals surface area contributed by atoms with Crippen molar-refractivity contribution in [3.63, 3.8) is 0 Å². The molecule has 9 heteroatoms. The van der Waals surface area contributed by atoms with Crippen LogP contribution >= 0.6 is 27.5 Å². The lowest BCUT2D eigenvalue weighted by Crippen LogP contribution is -2.11. The van der Waals surface area contributed by atoms with Crippen LogP contribution in [-0.4, -0.2) is 20.6 Å². The number of hydrogen-bond donors (Lipinski definition) is 1. The van der Waals surface area contributed by atoms with Gasteiger partial charge in [-0.25, -0.2) is 0 Å². The van der Waals surface area contributed by atoms with Gasteiger partial charge in [0, 0.05) is 10.6 Å². The molecule has 1 aromatic carbocycles. The van der Waals surface area contributed by atoms with E-state index < -0.39 is 10.8 Å². The number of aromatic nitrogens is 2. The topological polar surface area (TPSA) is 104 Å². The number of amides is 1. The van der Waals surface area contributed by atoms with Gasteiger partial charge in [-0.05, 0) is 38.5 Å². The van der Waals surface area contributed by atoms with Crippen LogP contribution in [0.1, 0.15) is 15.9 Å². The molecule has 2 aromatic rings. The molecule has 0 bridgehead atoms. The summed E-state index contributed by atoms with van der Waals surface area (Å²) in [6, 6.07) is 4.62. The Bertz CT molecular complexity index is 701. The molecule has 0 aliphatic rings. The van der Waals surface area contributed by atoms with E-state index in [0.717, 1.165) is 0 Å². The quantitative estimate of drug-likeness (QED) is 0.668. The minimum atomic E-state index is -0.585. The molecule has 0 saturated heterocycles. The lowest BCUT2D eigenvalue weighted by molar-refractivity contribution is -0.390. The number of halogens is 2. The normalized spacial score (nSPS) is 10.5. The van der Waals surface area contributed by atoms with Gasteiger partial charge < -0.3 is 15.8 Å². The van der Waals surface area contributed by atoms with E-state index in [4.69, 9.17) is 17.3 Å². The predicted molar refractivity (Wildman–Crippen MR) is 75.7 cm³/mol. The van der Waals surface area contributed by atoms with Crippen molar-refractivity contribution in [2.24, 2.45) is 5.73 Å². The highest BCUT2D eigenvalue weighted by Crippen LogP contribution is 2.24. The first-order valence-corrected chi connectivity index (χ1v) is 6.51. The van der Waals surface area contributed by atoms with Crippen LogP contribution in [0.4, 0.5) is 5.82 Å². The van der Waals surface area contributed by atoms with E-state index in [2.05, 4.69) is 21.0 Å². The molecule has 0 aliphatic carbocycles. The first-order valence-electron chi connectivity index (χ1n) is 5.34. The van der Waals surface area contributed by atoms with Gasteiger partial charge in [0.05, 0.1) is 17.8 Å². The van der Waals surface area contributed by atoms with Gasteiger partial charge >= 0.3 is 5.82 Å². The number of carbonyl (C=O) groups is 1. The van der Waals surface area contributed by atoms with Crippen LogP contribution in [-0.2, 0) is 6.54 Å². The Hall–Kier alpha value is -1.93. The number of hydrogen-bond acceptors (Lipinski definition) is 4. The molecule has 1 heterocycles. The zero-order valence-corrected chi connectivity index (χ0v) is 12.3. The Labute approximate surface area is 126 Å². The number of benzene rings is 1. The summed E-state index contributed by atoms with van der Waals surface area (Å²) < 4.78 is 1.67. The monoisotopic (exact) mass is 358 g/mol. The van der Waals surface area contributed by atoms with Gasteiger partial charge in [0.25, 0.3) is 0 Å². The van der Waals surface area contributed by atoms with E-state index in [0.29, 0.717) is 16.1 Å². The largest absolute Gasteiger partial charge is 0.404 e. The first kappa shape index (κ1) is 14.5. The van der Waals surface area contributed by atoms with Crippen molar-refractivity contribution < 1.29 is 9.72 Å². The van der Waals surface area contributed by atoms with Gasteiger partial charge in [0.1, 0.15) is 4.47 Å². The van der Waals surface area contributed by atoms with Crippen LogP contribution in [0.25, 0.3) is 0 Å². The predicted octanol–water partition coefficient (Wildman–Crippen LogP) is 2.35. The highest BCUT2D eigenvalue weighted by Gasteiger charge is 2.19. The number of nitro groups is 1. The fraction of sp³-hybridized carbons (Fsp3) is 0.0909. The van der Waals surface area contributed by atoms with Crippen LogP contribution in [0.2, 0.25) is 5.02 Å². The van der Waals surface area contributed by atoms with Gasteiger partial charge in [-0.3, -0.25) is 4.79 Å². The van der Waals surface area contributed by atoms with Crippen LogP contribution < -0.4 is 5.73 Å². The Morgan fingerprint density at radius 2 is 2.25 bits per heavy atom. The van der Waals surface area contributed by atoms with Gasteiger partial charge in [-0.1, -0.05) is 17.7 Å². The molecule has 1 amide bonds. The molecule has 0 atom stereocenters. The van der Waals surface area contributed by atoms with Crippen molar-refractivity contribution in [1.29, 1.82) is 0 Å². The molecule has 0 aliphatic heterocycles. The molecule has 7 nitrogen and oxygen atoms in total. The van der Waals surface area contributed by atoms with E-state index >= 15 is 0 Å². The minimum absolute atomic E-state index is 0.240. The maximum Gasteiger partial charge on any atom is 0.404 e. The van der Waals surface area contributed by atoms with Crippen molar-refractivity contribution in [2.75, 3.05) is 0 Å². The van der Waals surface area contributed by atoms with Crippen molar-refractivity contribution in [1.82, 2.24) is 9.78 Å². The molecular weight excluding hydrogens is 352 g/mol. The second-order valence-corrected chi connectivity index (χ2v) is 5.19. The number of primary amides is 1. The van der Waals surface area contributed by atoms with E-state index in [1.54, 1.807) is 6.07 Å². The molecule has 0 saturated carbocycles. The Morgan fingerprint density at radius 3 is 2.75 bits per heavy atom. The number of carbonyl (C=O) groups excluding carboxylic acids is 1. The fourth-order valence-electron chi connectivity index (χ4n) is 1.59. The summed E-state index contributed by atoms with van der Waals surface area (Å²) in [4.78, 5) is 21.1. The first-order chi connectivity index (χ1) is 9.38. The minimum Gasteiger partial charge on any atom is -0.366 e. The van der Waals surface area contributed by atoms with Crippen LogP contribution in [0.15, 0.2) is 28.9 Å². The third kappa shape index (κ3) is 2.97. The van der Waals surface area contributed by atoms with E-state index in [-0.39, 0.29) is 16.8 Å². The molecule has 0 fully saturated rings. The maximum absolute atomic E-state index is 11.0. The molecule has 2 N–H and O–H groups in total. The Balaban J connectivity index is 2.28. The van der Waals surface area contributed by atoms with E-state index in [9.17, 15) is 14.9 Å². The lowest BCUT2D eigenvalue weighted by Gasteiger charge is -2.03. The summed E-state index contributed by atoms with van der Waals surface area (Å²) in [6.45, 7) is 0.240. The summed E-state index contributed by atoms with van der Waals surface area (Å²) in [7, 11) is 0.